The van der Waals surface area contributed by atoms with Crippen molar-refractivity contribution in [2.75, 3.05) is 7.11 Å². The van der Waals surface area contributed by atoms with Gasteiger partial charge in [-0.1, -0.05) is 30.3 Å². The molecule has 0 aliphatic carbocycles. The molecular weight excluding hydrogens is 298 g/mol. The zero-order chi connectivity index (χ0) is 15.3. The van der Waals surface area contributed by atoms with Crippen molar-refractivity contribution in [3.8, 4) is 17.0 Å². The van der Waals surface area contributed by atoms with Gasteiger partial charge in [-0.3, -0.25) is 4.79 Å². The lowest BCUT2D eigenvalue weighted by Gasteiger charge is -2.21. The minimum absolute atomic E-state index is 0.620. The number of methoxy groups -OCH3 is 1. The van der Waals surface area contributed by atoms with Gasteiger partial charge in [-0.05, 0) is 12.1 Å². The third kappa shape index (κ3) is 1.75. The number of fused-ring (bicyclic) bond motifs is 5. The van der Waals surface area contributed by atoms with Crippen molar-refractivity contribution in [2.45, 2.75) is 10.1 Å². The molecule has 0 amide bonds. The summed E-state index contributed by atoms with van der Waals surface area (Å²) in [6.07, 6.45) is 0. The lowest BCUT2D eigenvalue weighted by molar-refractivity contribution is -0.136. The van der Waals surface area contributed by atoms with Crippen LogP contribution in [0, 0.1) is 0 Å². The maximum Gasteiger partial charge on any atom is 0.321 e. The molecule has 2 aromatic carbocycles. The number of benzene rings is 2. The molecule has 0 saturated carbocycles. The SMILES string of the molecule is COc1cccc2c3c([nH]c12)-c1ccccc1SC3C(=O)O. The van der Waals surface area contributed by atoms with E-state index in [-0.39, 0.29) is 0 Å². The highest BCUT2D eigenvalue weighted by atomic mass is 32.2. The molecule has 0 radical (unpaired) electrons. The highest BCUT2D eigenvalue weighted by molar-refractivity contribution is 8.00. The van der Waals surface area contributed by atoms with E-state index < -0.39 is 11.2 Å². The molecule has 2 N–H and O–H groups in total. The molecule has 1 aliphatic heterocycles. The minimum atomic E-state index is -0.829. The molecule has 1 atom stereocenters. The molecule has 5 heteroatoms. The van der Waals surface area contributed by atoms with Gasteiger partial charge in [-0.25, -0.2) is 0 Å². The largest absolute Gasteiger partial charge is 0.495 e. The molecule has 110 valence electrons. The second-order valence-corrected chi connectivity index (χ2v) is 6.28. The first-order valence-corrected chi connectivity index (χ1v) is 7.76. The summed E-state index contributed by atoms with van der Waals surface area (Å²) in [6, 6.07) is 13.6. The van der Waals surface area contributed by atoms with Crippen LogP contribution in [0.1, 0.15) is 10.8 Å². The molecule has 2 heterocycles. The summed E-state index contributed by atoms with van der Waals surface area (Å²) in [4.78, 5) is 16.1. The van der Waals surface area contributed by atoms with Crippen LogP contribution in [0.2, 0.25) is 0 Å². The maximum atomic E-state index is 11.8. The number of carboxylic acid groups (broad SMARTS) is 1. The minimum Gasteiger partial charge on any atom is -0.495 e. The number of carboxylic acids is 1. The Morgan fingerprint density at radius 1 is 1.23 bits per heavy atom. The number of ether oxygens (including phenoxy) is 1. The van der Waals surface area contributed by atoms with Gasteiger partial charge >= 0.3 is 5.97 Å². The Hall–Kier alpha value is -2.40. The van der Waals surface area contributed by atoms with Crippen molar-refractivity contribution in [1.82, 2.24) is 4.98 Å². The lowest BCUT2D eigenvalue weighted by Crippen LogP contribution is -2.11. The number of aromatic amines is 1. The number of carbonyl (C=O) groups is 1. The van der Waals surface area contributed by atoms with Crippen molar-refractivity contribution in [3.05, 3.63) is 48.0 Å². The molecule has 4 rings (SSSR count). The first kappa shape index (κ1) is 13.3. The number of hydrogen-bond donors (Lipinski definition) is 2. The molecule has 1 aromatic heterocycles. The summed E-state index contributed by atoms with van der Waals surface area (Å²) in [6.45, 7) is 0. The summed E-state index contributed by atoms with van der Waals surface area (Å²) < 4.78 is 5.40. The van der Waals surface area contributed by atoms with E-state index >= 15 is 0 Å². The fraction of sp³-hybridized carbons (Fsp3) is 0.118. The van der Waals surface area contributed by atoms with E-state index in [2.05, 4.69) is 4.98 Å². The number of aromatic nitrogens is 1. The van der Waals surface area contributed by atoms with Crippen molar-refractivity contribution in [1.29, 1.82) is 0 Å². The monoisotopic (exact) mass is 311 g/mol. The summed E-state index contributed by atoms with van der Waals surface area (Å²) in [7, 11) is 1.62. The van der Waals surface area contributed by atoms with Crippen molar-refractivity contribution in [2.24, 2.45) is 0 Å². The summed E-state index contributed by atoms with van der Waals surface area (Å²) in [5.74, 6) is -0.108. The molecule has 4 nitrogen and oxygen atoms in total. The lowest BCUT2D eigenvalue weighted by atomic mass is 10.0. The fourth-order valence-electron chi connectivity index (χ4n) is 3.00. The second kappa shape index (κ2) is 4.81. The quantitative estimate of drug-likeness (QED) is 0.748. The highest BCUT2D eigenvalue weighted by Gasteiger charge is 2.34. The van der Waals surface area contributed by atoms with Crippen LogP contribution in [-0.2, 0) is 4.79 Å². The van der Waals surface area contributed by atoms with E-state index in [1.165, 1.54) is 11.8 Å². The summed E-state index contributed by atoms with van der Waals surface area (Å²) in [5.41, 5.74) is 3.59. The predicted octanol–water partition coefficient (Wildman–Crippen LogP) is 4.07. The Morgan fingerprint density at radius 3 is 2.82 bits per heavy atom. The van der Waals surface area contributed by atoms with Crippen molar-refractivity contribution in [3.63, 3.8) is 0 Å². The fourth-order valence-corrected chi connectivity index (χ4v) is 4.17. The number of H-pyrrole nitrogens is 1. The van der Waals surface area contributed by atoms with Gasteiger partial charge in [-0.2, -0.15) is 0 Å². The molecule has 0 spiro atoms. The van der Waals surface area contributed by atoms with Gasteiger partial charge < -0.3 is 14.8 Å². The topological polar surface area (TPSA) is 62.3 Å². The average Bonchev–Trinajstić information content (AvgIpc) is 2.93. The first-order valence-electron chi connectivity index (χ1n) is 6.88. The number of rotatable bonds is 2. The van der Waals surface area contributed by atoms with Crippen molar-refractivity contribution < 1.29 is 14.6 Å². The average molecular weight is 311 g/mol. The third-order valence-electron chi connectivity index (χ3n) is 3.94. The zero-order valence-electron chi connectivity index (χ0n) is 11.8. The van der Waals surface area contributed by atoms with Gasteiger partial charge in [0.15, 0.2) is 0 Å². The van der Waals surface area contributed by atoms with Gasteiger partial charge in [0, 0.05) is 21.4 Å². The number of aliphatic carboxylic acids is 1. The Balaban J connectivity index is 2.10. The second-order valence-electron chi connectivity index (χ2n) is 5.13. The Morgan fingerprint density at radius 2 is 2.05 bits per heavy atom. The van der Waals surface area contributed by atoms with Crippen LogP contribution in [0.3, 0.4) is 0 Å². The molecule has 1 aliphatic rings. The molecule has 0 bridgehead atoms. The van der Waals surface area contributed by atoms with Crippen LogP contribution in [0.15, 0.2) is 47.4 Å². The summed E-state index contributed by atoms with van der Waals surface area (Å²) in [5, 5.41) is 9.94. The van der Waals surface area contributed by atoms with Crippen LogP contribution >= 0.6 is 11.8 Å². The molecule has 22 heavy (non-hydrogen) atoms. The van der Waals surface area contributed by atoms with E-state index in [0.29, 0.717) is 0 Å². The predicted molar refractivity (Wildman–Crippen MR) is 86.5 cm³/mol. The van der Waals surface area contributed by atoms with Gasteiger partial charge in [0.05, 0.1) is 18.3 Å². The Labute approximate surface area is 131 Å². The van der Waals surface area contributed by atoms with Crippen LogP contribution in [-0.4, -0.2) is 23.2 Å². The number of nitrogens with one attached hydrogen (secondary N) is 1. The molecule has 1 unspecified atom stereocenters. The van der Waals surface area contributed by atoms with E-state index in [1.807, 2.05) is 42.5 Å². The van der Waals surface area contributed by atoms with Gasteiger partial charge in [0.1, 0.15) is 11.0 Å². The summed E-state index contributed by atoms with van der Waals surface area (Å²) >= 11 is 1.38. The van der Waals surface area contributed by atoms with E-state index in [1.54, 1.807) is 7.11 Å². The molecule has 0 saturated heterocycles. The van der Waals surface area contributed by atoms with Crippen LogP contribution in [0.25, 0.3) is 22.2 Å². The van der Waals surface area contributed by atoms with Gasteiger partial charge in [0.2, 0.25) is 0 Å². The molecule has 0 fully saturated rings. The molecule has 3 aromatic rings. The van der Waals surface area contributed by atoms with E-state index in [4.69, 9.17) is 4.74 Å². The van der Waals surface area contributed by atoms with Gasteiger partial charge in [0.25, 0.3) is 0 Å². The maximum absolute atomic E-state index is 11.8. The van der Waals surface area contributed by atoms with Crippen LogP contribution in [0.4, 0.5) is 0 Å². The van der Waals surface area contributed by atoms with Crippen molar-refractivity contribution >= 4 is 28.6 Å². The zero-order valence-corrected chi connectivity index (χ0v) is 12.6. The number of para-hydroxylation sites is 1. The number of thioether (sulfide) groups is 1. The Bertz CT molecular complexity index is 900. The third-order valence-corrected chi connectivity index (χ3v) is 5.23. The highest BCUT2D eigenvalue weighted by Crippen LogP contribution is 2.52. The molecular formula is C17H13NO3S. The standard InChI is InChI=1S/C17H13NO3S/c1-21-11-7-4-6-10-13-15(18-14(10)11)9-5-2-3-8-12(9)22-16(13)17(19)20/h2-8,16,18H,1H3,(H,19,20). The van der Waals surface area contributed by atoms with E-state index in [9.17, 15) is 9.90 Å². The Kier molecular flexibility index (Phi) is 2.90. The smallest absolute Gasteiger partial charge is 0.321 e. The first-order chi connectivity index (χ1) is 10.7. The van der Waals surface area contributed by atoms with E-state index in [0.717, 1.165) is 38.4 Å². The normalized spacial score (nSPS) is 16.1. The van der Waals surface area contributed by atoms with Crippen LogP contribution in [0.5, 0.6) is 5.75 Å². The number of hydrogen-bond acceptors (Lipinski definition) is 3. The van der Waals surface area contributed by atoms with Crippen LogP contribution < -0.4 is 4.74 Å². The van der Waals surface area contributed by atoms with Gasteiger partial charge in [-0.15, -0.1) is 11.8 Å².